The Morgan fingerprint density at radius 2 is 1.96 bits per heavy atom. The van der Waals surface area contributed by atoms with Crippen molar-refractivity contribution in [3.63, 3.8) is 0 Å². The van der Waals surface area contributed by atoms with Crippen LogP contribution >= 0.6 is 0 Å². The highest BCUT2D eigenvalue weighted by Crippen LogP contribution is 2.27. The maximum atomic E-state index is 5.95. The predicted molar refractivity (Wildman–Crippen MR) is 101 cm³/mol. The van der Waals surface area contributed by atoms with Gasteiger partial charge in [-0.25, -0.2) is 4.68 Å². The zero-order chi connectivity index (χ0) is 17.9. The second kappa shape index (κ2) is 7.40. The summed E-state index contributed by atoms with van der Waals surface area (Å²) in [5.74, 6) is 0. The summed E-state index contributed by atoms with van der Waals surface area (Å²) < 4.78 is 7.84. The zero-order valence-electron chi connectivity index (χ0n) is 15.3. The zero-order valence-corrected chi connectivity index (χ0v) is 15.3. The lowest BCUT2D eigenvalue weighted by molar-refractivity contribution is 0.0252. The van der Waals surface area contributed by atoms with Gasteiger partial charge in [0.05, 0.1) is 19.3 Å². The van der Waals surface area contributed by atoms with E-state index in [0.717, 1.165) is 31.9 Å². The standard InChI is InChI=1S/C21H24N4O/c1-16-6-5-8-18(12-16)13-24-10-11-26-21(24)20-15-25(23-22-20)14-19-9-4-3-7-17(19)2/h3-9,12,15,21H,10-11,13-14H2,1-2H3/t21-/m0/s1. The first kappa shape index (κ1) is 16.9. The summed E-state index contributed by atoms with van der Waals surface area (Å²) in [7, 11) is 0. The summed E-state index contributed by atoms with van der Waals surface area (Å²) in [5.41, 5.74) is 5.98. The second-order valence-electron chi connectivity index (χ2n) is 6.95. The molecule has 1 aromatic heterocycles. The van der Waals surface area contributed by atoms with Crippen LogP contribution in [0.25, 0.3) is 0 Å². The minimum Gasteiger partial charge on any atom is -0.356 e. The van der Waals surface area contributed by atoms with Crippen LogP contribution in [-0.2, 0) is 17.8 Å². The number of hydrogen-bond donors (Lipinski definition) is 0. The lowest BCUT2D eigenvalue weighted by Gasteiger charge is -2.21. The fourth-order valence-corrected chi connectivity index (χ4v) is 3.45. The molecule has 134 valence electrons. The number of rotatable bonds is 5. The summed E-state index contributed by atoms with van der Waals surface area (Å²) in [6, 6.07) is 17.0. The maximum absolute atomic E-state index is 5.95. The molecule has 0 amide bonds. The normalized spacial score (nSPS) is 17.7. The molecule has 4 rings (SSSR count). The summed E-state index contributed by atoms with van der Waals surface area (Å²) in [6.45, 7) is 7.46. The smallest absolute Gasteiger partial charge is 0.157 e. The van der Waals surface area contributed by atoms with Gasteiger partial charge in [-0.05, 0) is 30.5 Å². The highest BCUT2D eigenvalue weighted by molar-refractivity contribution is 5.26. The van der Waals surface area contributed by atoms with E-state index in [1.54, 1.807) is 0 Å². The molecular formula is C21H24N4O. The van der Waals surface area contributed by atoms with Crippen LogP contribution in [0.3, 0.4) is 0 Å². The molecule has 0 unspecified atom stereocenters. The van der Waals surface area contributed by atoms with Gasteiger partial charge in [0.25, 0.3) is 0 Å². The first-order chi connectivity index (χ1) is 12.7. The van der Waals surface area contributed by atoms with Crippen molar-refractivity contribution >= 4 is 0 Å². The molecule has 0 radical (unpaired) electrons. The minimum absolute atomic E-state index is 0.124. The van der Waals surface area contributed by atoms with E-state index >= 15 is 0 Å². The molecule has 1 fully saturated rings. The van der Waals surface area contributed by atoms with Crippen LogP contribution in [0.4, 0.5) is 0 Å². The van der Waals surface area contributed by atoms with E-state index < -0.39 is 0 Å². The SMILES string of the molecule is Cc1cccc(CN2CCO[C@H]2c2cn(Cc3ccccc3C)nn2)c1. The van der Waals surface area contributed by atoms with Crippen molar-refractivity contribution in [2.24, 2.45) is 0 Å². The van der Waals surface area contributed by atoms with Crippen molar-refractivity contribution in [2.75, 3.05) is 13.2 Å². The molecule has 26 heavy (non-hydrogen) atoms. The Morgan fingerprint density at radius 3 is 2.81 bits per heavy atom. The largest absolute Gasteiger partial charge is 0.356 e. The van der Waals surface area contributed by atoms with Crippen LogP contribution in [0.1, 0.15) is 34.2 Å². The van der Waals surface area contributed by atoms with Crippen molar-refractivity contribution in [1.29, 1.82) is 0 Å². The van der Waals surface area contributed by atoms with E-state index in [4.69, 9.17) is 4.74 Å². The molecular weight excluding hydrogens is 324 g/mol. The maximum Gasteiger partial charge on any atom is 0.157 e. The molecule has 1 aliphatic heterocycles. The molecule has 0 spiro atoms. The van der Waals surface area contributed by atoms with Crippen LogP contribution in [0.2, 0.25) is 0 Å². The molecule has 3 aromatic rings. The summed E-state index contributed by atoms with van der Waals surface area (Å²) >= 11 is 0. The Labute approximate surface area is 154 Å². The third kappa shape index (κ3) is 3.69. The molecule has 5 nitrogen and oxygen atoms in total. The van der Waals surface area contributed by atoms with Crippen LogP contribution < -0.4 is 0 Å². The van der Waals surface area contributed by atoms with Gasteiger partial charge in [0.15, 0.2) is 6.23 Å². The third-order valence-electron chi connectivity index (χ3n) is 4.86. The van der Waals surface area contributed by atoms with Crippen molar-refractivity contribution in [2.45, 2.75) is 33.2 Å². The number of aryl methyl sites for hydroxylation is 2. The van der Waals surface area contributed by atoms with Crippen molar-refractivity contribution in [1.82, 2.24) is 19.9 Å². The Kier molecular flexibility index (Phi) is 4.82. The topological polar surface area (TPSA) is 43.2 Å². The monoisotopic (exact) mass is 348 g/mol. The van der Waals surface area contributed by atoms with Crippen LogP contribution in [0.5, 0.6) is 0 Å². The van der Waals surface area contributed by atoms with Gasteiger partial charge >= 0.3 is 0 Å². The Morgan fingerprint density at radius 1 is 1.08 bits per heavy atom. The molecule has 1 atom stereocenters. The average Bonchev–Trinajstić information content (AvgIpc) is 3.26. The lowest BCUT2D eigenvalue weighted by Crippen LogP contribution is -2.23. The van der Waals surface area contributed by atoms with E-state index in [0.29, 0.717) is 0 Å². The number of benzene rings is 2. The van der Waals surface area contributed by atoms with Crippen LogP contribution in [0, 0.1) is 13.8 Å². The third-order valence-corrected chi connectivity index (χ3v) is 4.86. The number of ether oxygens (including phenoxy) is 1. The number of hydrogen-bond acceptors (Lipinski definition) is 4. The van der Waals surface area contributed by atoms with Gasteiger partial charge in [-0.2, -0.15) is 0 Å². The number of nitrogens with zero attached hydrogens (tertiary/aromatic N) is 4. The molecule has 0 saturated carbocycles. The highest BCUT2D eigenvalue weighted by Gasteiger charge is 2.29. The fraction of sp³-hybridized carbons (Fsp3) is 0.333. The molecule has 0 aliphatic carbocycles. The fourth-order valence-electron chi connectivity index (χ4n) is 3.45. The van der Waals surface area contributed by atoms with E-state index in [9.17, 15) is 0 Å². The van der Waals surface area contributed by atoms with Crippen LogP contribution in [-0.4, -0.2) is 33.0 Å². The lowest BCUT2D eigenvalue weighted by atomic mass is 10.1. The highest BCUT2D eigenvalue weighted by atomic mass is 16.5. The van der Waals surface area contributed by atoms with Gasteiger partial charge in [-0.1, -0.05) is 59.3 Å². The Balaban J connectivity index is 1.48. The van der Waals surface area contributed by atoms with Gasteiger partial charge in [0.1, 0.15) is 5.69 Å². The first-order valence-electron chi connectivity index (χ1n) is 9.05. The van der Waals surface area contributed by atoms with Gasteiger partial charge in [0.2, 0.25) is 0 Å². The molecule has 1 aliphatic rings. The number of aromatic nitrogens is 3. The van der Waals surface area contributed by atoms with Crippen molar-refractivity contribution in [3.05, 3.63) is 82.7 Å². The second-order valence-corrected chi connectivity index (χ2v) is 6.95. The molecule has 5 heteroatoms. The van der Waals surface area contributed by atoms with Crippen molar-refractivity contribution < 1.29 is 4.74 Å². The average molecular weight is 348 g/mol. The molecule has 0 bridgehead atoms. The predicted octanol–water partition coefficient (Wildman–Crippen LogP) is 3.47. The molecule has 2 aromatic carbocycles. The Bertz CT molecular complexity index is 889. The molecule has 2 heterocycles. The van der Waals surface area contributed by atoms with E-state index in [1.165, 1.54) is 22.3 Å². The quantitative estimate of drug-likeness (QED) is 0.708. The van der Waals surface area contributed by atoms with Gasteiger partial charge < -0.3 is 4.74 Å². The van der Waals surface area contributed by atoms with Crippen molar-refractivity contribution in [3.8, 4) is 0 Å². The van der Waals surface area contributed by atoms with Gasteiger partial charge in [0, 0.05) is 13.1 Å². The van der Waals surface area contributed by atoms with Gasteiger partial charge in [-0.15, -0.1) is 5.10 Å². The summed E-state index contributed by atoms with van der Waals surface area (Å²) in [6.07, 6.45) is 1.88. The molecule has 0 N–H and O–H groups in total. The minimum atomic E-state index is -0.124. The Hall–Kier alpha value is -2.50. The summed E-state index contributed by atoms with van der Waals surface area (Å²) in [4.78, 5) is 2.32. The molecule has 1 saturated heterocycles. The van der Waals surface area contributed by atoms with E-state index in [1.807, 2.05) is 10.9 Å². The van der Waals surface area contributed by atoms with Gasteiger partial charge in [-0.3, -0.25) is 4.90 Å². The van der Waals surface area contributed by atoms with E-state index in [2.05, 4.69) is 77.6 Å². The first-order valence-corrected chi connectivity index (χ1v) is 9.05. The van der Waals surface area contributed by atoms with E-state index in [-0.39, 0.29) is 6.23 Å². The van der Waals surface area contributed by atoms with Crippen LogP contribution in [0.15, 0.2) is 54.7 Å². The summed E-state index contributed by atoms with van der Waals surface area (Å²) in [5, 5.41) is 8.69.